The Morgan fingerprint density at radius 2 is 2.06 bits per heavy atom. The summed E-state index contributed by atoms with van der Waals surface area (Å²) in [4.78, 5) is 21.0. The minimum Gasteiger partial charge on any atom is -0.481 e. The van der Waals surface area contributed by atoms with E-state index in [1.807, 2.05) is 0 Å². The van der Waals surface area contributed by atoms with Gasteiger partial charge in [-0.1, -0.05) is 12.7 Å². The fourth-order valence-corrected chi connectivity index (χ4v) is 0.904. The molecule has 0 aromatic carbocycles. The third-order valence-corrected chi connectivity index (χ3v) is 1.67. The highest BCUT2D eigenvalue weighted by Crippen LogP contribution is 2.23. The van der Waals surface area contributed by atoms with Gasteiger partial charge in [-0.05, 0) is 6.42 Å². The third-order valence-electron chi connectivity index (χ3n) is 1.67. The summed E-state index contributed by atoms with van der Waals surface area (Å²) in [6, 6.07) is -2.24. The van der Waals surface area contributed by atoms with Gasteiger partial charge < -0.3 is 15.2 Å². The van der Waals surface area contributed by atoms with Crippen LogP contribution in [-0.4, -0.2) is 36.0 Å². The summed E-state index contributed by atoms with van der Waals surface area (Å²) in [5, 5.41) is 9.83. The van der Waals surface area contributed by atoms with Crippen molar-refractivity contribution >= 4 is 12.1 Å². The van der Waals surface area contributed by atoms with Gasteiger partial charge in [-0.25, -0.2) is 4.79 Å². The number of carbonyl (C=O) groups excluding carboxylic acids is 1. The predicted octanol–water partition coefficient (Wildman–Crippen LogP) is 1.69. The lowest BCUT2D eigenvalue weighted by atomic mass is 10.1. The zero-order valence-electron chi connectivity index (χ0n) is 8.79. The van der Waals surface area contributed by atoms with Crippen LogP contribution in [0.4, 0.5) is 18.0 Å². The van der Waals surface area contributed by atoms with E-state index in [2.05, 4.69) is 11.3 Å². The Balaban J connectivity index is 4.33. The second-order valence-electron chi connectivity index (χ2n) is 3.06. The molecule has 0 aliphatic carbocycles. The number of halogens is 3. The van der Waals surface area contributed by atoms with E-state index in [0.29, 0.717) is 0 Å². The maximum atomic E-state index is 12.4. The molecule has 0 bridgehead atoms. The average molecular weight is 255 g/mol. The van der Waals surface area contributed by atoms with Crippen LogP contribution in [0.2, 0.25) is 0 Å². The lowest BCUT2D eigenvalue weighted by Gasteiger charge is -2.20. The number of alkyl carbamates (subject to hydrolysis) is 1. The number of amides is 1. The minimum absolute atomic E-state index is 0.227. The van der Waals surface area contributed by atoms with Crippen molar-refractivity contribution in [3.63, 3.8) is 0 Å². The van der Waals surface area contributed by atoms with Crippen molar-refractivity contribution in [1.82, 2.24) is 5.32 Å². The molecule has 0 saturated carbocycles. The van der Waals surface area contributed by atoms with Crippen LogP contribution >= 0.6 is 0 Å². The highest BCUT2D eigenvalue weighted by Gasteiger charge is 2.40. The van der Waals surface area contributed by atoms with Crippen LogP contribution in [0, 0.1) is 0 Å². The van der Waals surface area contributed by atoms with Crippen molar-refractivity contribution in [3.8, 4) is 0 Å². The fourth-order valence-electron chi connectivity index (χ4n) is 0.904. The van der Waals surface area contributed by atoms with Crippen LogP contribution in [0.15, 0.2) is 12.7 Å². The molecule has 0 radical (unpaired) electrons. The first-order chi connectivity index (χ1) is 7.77. The second-order valence-corrected chi connectivity index (χ2v) is 3.06. The average Bonchev–Trinajstić information content (AvgIpc) is 2.19. The van der Waals surface area contributed by atoms with Crippen molar-refractivity contribution < 1.29 is 32.6 Å². The SMILES string of the molecule is C=CCOC(=O)N[C@@H](CCC(=O)O)C(F)(F)F. The van der Waals surface area contributed by atoms with Crippen molar-refractivity contribution in [2.75, 3.05) is 6.61 Å². The van der Waals surface area contributed by atoms with Gasteiger partial charge in [0.1, 0.15) is 12.6 Å². The van der Waals surface area contributed by atoms with Crippen LogP contribution in [0.3, 0.4) is 0 Å². The Hall–Kier alpha value is -1.73. The number of ether oxygens (including phenoxy) is 1. The summed E-state index contributed by atoms with van der Waals surface area (Å²) in [5.74, 6) is -1.37. The van der Waals surface area contributed by atoms with Crippen LogP contribution in [-0.2, 0) is 9.53 Å². The molecule has 0 spiro atoms. The Morgan fingerprint density at radius 3 is 2.47 bits per heavy atom. The quantitative estimate of drug-likeness (QED) is 0.708. The highest BCUT2D eigenvalue weighted by molar-refractivity contribution is 5.69. The molecule has 17 heavy (non-hydrogen) atoms. The standard InChI is InChI=1S/C9H12F3NO4/c1-2-5-17-8(16)13-6(9(10,11)12)3-4-7(14)15/h2,6H,1,3-5H2,(H,13,16)(H,14,15)/t6-/m0/s1. The molecular formula is C9H12F3NO4. The Labute approximate surface area is 95.2 Å². The number of nitrogens with one attached hydrogen (secondary N) is 1. The molecule has 0 saturated heterocycles. The molecule has 8 heteroatoms. The summed E-state index contributed by atoms with van der Waals surface area (Å²) >= 11 is 0. The fraction of sp³-hybridized carbons (Fsp3) is 0.556. The van der Waals surface area contributed by atoms with E-state index in [9.17, 15) is 22.8 Å². The Kier molecular flexibility index (Phi) is 6.08. The van der Waals surface area contributed by atoms with E-state index in [1.54, 1.807) is 5.32 Å². The molecule has 1 amide bonds. The summed E-state index contributed by atoms with van der Waals surface area (Å²) in [7, 11) is 0. The zero-order chi connectivity index (χ0) is 13.5. The number of carboxylic acid groups (broad SMARTS) is 1. The molecule has 0 fully saturated rings. The lowest BCUT2D eigenvalue weighted by molar-refractivity contribution is -0.158. The number of hydrogen-bond acceptors (Lipinski definition) is 3. The van der Waals surface area contributed by atoms with Crippen molar-refractivity contribution in [3.05, 3.63) is 12.7 Å². The molecular weight excluding hydrogens is 243 g/mol. The number of carbonyl (C=O) groups is 2. The number of hydrogen-bond donors (Lipinski definition) is 2. The van der Waals surface area contributed by atoms with Gasteiger partial charge in [-0.2, -0.15) is 13.2 Å². The van der Waals surface area contributed by atoms with Gasteiger partial charge in [0.25, 0.3) is 0 Å². The number of alkyl halides is 3. The molecule has 0 unspecified atom stereocenters. The van der Waals surface area contributed by atoms with Crippen molar-refractivity contribution in [2.24, 2.45) is 0 Å². The van der Waals surface area contributed by atoms with Crippen molar-refractivity contribution in [2.45, 2.75) is 25.1 Å². The maximum Gasteiger partial charge on any atom is 0.408 e. The predicted molar refractivity (Wildman–Crippen MR) is 51.4 cm³/mol. The summed E-state index contributed by atoms with van der Waals surface area (Å²) in [5.41, 5.74) is 0. The third kappa shape index (κ3) is 7.20. The molecule has 0 aliphatic heterocycles. The van der Waals surface area contributed by atoms with E-state index in [4.69, 9.17) is 5.11 Å². The topological polar surface area (TPSA) is 75.6 Å². The normalized spacial score (nSPS) is 12.6. The first-order valence-corrected chi connectivity index (χ1v) is 4.60. The van der Waals surface area contributed by atoms with Gasteiger partial charge in [0.15, 0.2) is 0 Å². The van der Waals surface area contributed by atoms with E-state index in [0.717, 1.165) is 0 Å². The molecule has 98 valence electrons. The summed E-state index contributed by atoms with van der Waals surface area (Å²) < 4.78 is 41.4. The van der Waals surface area contributed by atoms with Gasteiger partial charge in [0.2, 0.25) is 0 Å². The molecule has 5 nitrogen and oxygen atoms in total. The summed E-state index contributed by atoms with van der Waals surface area (Å²) in [6.45, 7) is 2.99. The Bertz CT molecular complexity index is 290. The van der Waals surface area contributed by atoms with Gasteiger partial charge in [-0.15, -0.1) is 0 Å². The molecule has 2 N–H and O–H groups in total. The van der Waals surface area contributed by atoms with Crippen LogP contribution in [0.1, 0.15) is 12.8 Å². The van der Waals surface area contributed by atoms with Crippen LogP contribution in [0.5, 0.6) is 0 Å². The highest BCUT2D eigenvalue weighted by atomic mass is 19.4. The number of rotatable bonds is 6. The van der Waals surface area contributed by atoms with Gasteiger partial charge in [0, 0.05) is 6.42 Å². The summed E-state index contributed by atoms with van der Waals surface area (Å²) in [6.07, 6.45) is -6.24. The van der Waals surface area contributed by atoms with Crippen molar-refractivity contribution in [1.29, 1.82) is 0 Å². The number of carboxylic acids is 1. The Morgan fingerprint density at radius 1 is 1.47 bits per heavy atom. The van der Waals surface area contributed by atoms with Gasteiger partial charge in [0.05, 0.1) is 0 Å². The minimum atomic E-state index is -4.72. The van der Waals surface area contributed by atoms with Crippen LogP contribution in [0.25, 0.3) is 0 Å². The largest absolute Gasteiger partial charge is 0.481 e. The lowest BCUT2D eigenvalue weighted by Crippen LogP contribution is -2.45. The zero-order valence-corrected chi connectivity index (χ0v) is 8.79. The monoisotopic (exact) mass is 255 g/mol. The van der Waals surface area contributed by atoms with E-state index < -0.39 is 37.1 Å². The molecule has 0 rings (SSSR count). The molecule has 0 aromatic rings. The van der Waals surface area contributed by atoms with Gasteiger partial charge in [-0.3, -0.25) is 4.79 Å². The van der Waals surface area contributed by atoms with E-state index in [-0.39, 0.29) is 6.61 Å². The first-order valence-electron chi connectivity index (χ1n) is 4.60. The molecule has 0 aliphatic rings. The van der Waals surface area contributed by atoms with Crippen LogP contribution < -0.4 is 5.32 Å². The molecule has 1 atom stereocenters. The van der Waals surface area contributed by atoms with Gasteiger partial charge >= 0.3 is 18.2 Å². The molecule has 0 heterocycles. The second kappa shape index (κ2) is 6.77. The van der Waals surface area contributed by atoms with E-state index >= 15 is 0 Å². The van der Waals surface area contributed by atoms with E-state index in [1.165, 1.54) is 6.08 Å². The smallest absolute Gasteiger partial charge is 0.408 e. The maximum absolute atomic E-state index is 12.4. The molecule has 0 aromatic heterocycles. The number of aliphatic carboxylic acids is 1. The first kappa shape index (κ1) is 15.3.